The molecular weight excluding hydrogens is 594 g/mol. The Bertz CT molecular complexity index is 1010. The van der Waals surface area contributed by atoms with Gasteiger partial charge in [0.25, 0.3) is 0 Å². The summed E-state index contributed by atoms with van der Waals surface area (Å²) in [5.74, 6) is 1.53. The molecule has 0 saturated heterocycles. The van der Waals surface area contributed by atoms with Crippen LogP contribution >= 0.6 is 40.3 Å². The van der Waals surface area contributed by atoms with Gasteiger partial charge < -0.3 is 20.3 Å². The fraction of sp³-hybridized carbons (Fsp3) is 0.516. The summed E-state index contributed by atoms with van der Waals surface area (Å²) >= 11 is 8.11. The number of para-hydroxylation sites is 1. The first-order valence-electron chi connectivity index (χ1n) is 14.3. The van der Waals surface area contributed by atoms with E-state index in [4.69, 9.17) is 16.3 Å². The molecule has 5 nitrogen and oxygen atoms in total. The van der Waals surface area contributed by atoms with Crippen LogP contribution < -0.4 is 15.4 Å². The van der Waals surface area contributed by atoms with Crippen molar-refractivity contribution >= 4 is 57.8 Å². The summed E-state index contributed by atoms with van der Waals surface area (Å²) in [6.45, 7) is 3.64. The topological polar surface area (TPSA) is 53.6 Å². The Kier molecular flexibility index (Phi) is 17.2. The first-order chi connectivity index (χ1) is 18.7. The summed E-state index contributed by atoms with van der Waals surface area (Å²) in [7, 11) is 0. The molecule has 0 unspecified atom stereocenters. The molecule has 1 heterocycles. The van der Waals surface area contributed by atoms with E-state index in [0.717, 1.165) is 30.1 Å². The van der Waals surface area contributed by atoms with Gasteiger partial charge in [-0.3, -0.25) is 0 Å². The van der Waals surface area contributed by atoms with Gasteiger partial charge in [-0.1, -0.05) is 107 Å². The van der Waals surface area contributed by atoms with Crippen molar-refractivity contribution in [3.8, 4) is 5.75 Å². The van der Waals surface area contributed by atoms with Crippen LogP contribution in [0.25, 0.3) is 0 Å². The maximum atomic E-state index is 12.7. The van der Waals surface area contributed by atoms with Gasteiger partial charge in [0.05, 0.1) is 17.5 Å². The Morgan fingerprint density at radius 2 is 1.59 bits per heavy atom. The number of amides is 2. The van der Waals surface area contributed by atoms with E-state index < -0.39 is 0 Å². The third-order valence-electron chi connectivity index (χ3n) is 6.69. The van der Waals surface area contributed by atoms with Crippen molar-refractivity contribution < 1.29 is 9.53 Å². The van der Waals surface area contributed by atoms with E-state index in [9.17, 15) is 4.79 Å². The minimum absolute atomic E-state index is 0. The summed E-state index contributed by atoms with van der Waals surface area (Å²) in [6, 6.07) is 12.9. The van der Waals surface area contributed by atoms with Crippen LogP contribution in [0.3, 0.4) is 0 Å². The normalized spacial score (nSPS) is 12.3. The number of thioether (sulfide) groups is 1. The zero-order valence-electron chi connectivity index (χ0n) is 23.3. The van der Waals surface area contributed by atoms with Crippen molar-refractivity contribution in [1.82, 2.24) is 4.90 Å². The van der Waals surface area contributed by atoms with Gasteiger partial charge in [0.15, 0.2) is 0 Å². The van der Waals surface area contributed by atoms with Crippen LogP contribution in [0.15, 0.2) is 54.1 Å². The number of unbranched alkanes of at least 4 members (excludes halogenated alkanes) is 11. The molecule has 1 aliphatic heterocycles. The number of rotatable bonds is 18. The fourth-order valence-electron chi connectivity index (χ4n) is 4.51. The molecule has 0 fully saturated rings. The summed E-state index contributed by atoms with van der Waals surface area (Å²) < 4.78 is 5.95. The Balaban J connectivity index is 0.00000533. The monoisotopic (exact) mass is 637 g/mol. The van der Waals surface area contributed by atoms with Crippen molar-refractivity contribution in [1.29, 1.82) is 0 Å². The van der Waals surface area contributed by atoms with Gasteiger partial charge in [-0.25, -0.2) is 4.79 Å². The second kappa shape index (κ2) is 20.1. The van der Waals surface area contributed by atoms with Crippen LogP contribution in [0, 0.1) is 0 Å². The largest absolute Gasteiger partial charge is 0.492 e. The number of nitrogens with zero attached hydrogens (tertiary/aromatic N) is 1. The van der Waals surface area contributed by atoms with Gasteiger partial charge in [0.1, 0.15) is 5.75 Å². The van der Waals surface area contributed by atoms with E-state index in [0.29, 0.717) is 23.1 Å². The molecule has 0 bridgehead atoms. The predicted octanol–water partition coefficient (Wildman–Crippen LogP) is 10.6. The molecule has 0 aromatic heterocycles. The van der Waals surface area contributed by atoms with Crippen LogP contribution in [-0.2, 0) is 6.54 Å². The molecule has 2 N–H and O–H groups in total. The first-order valence-corrected chi connectivity index (χ1v) is 15.7. The highest BCUT2D eigenvalue weighted by molar-refractivity contribution is 8.93. The lowest BCUT2D eigenvalue weighted by molar-refractivity contribution is 0.262. The molecule has 2 aromatic carbocycles. The van der Waals surface area contributed by atoms with Crippen LogP contribution in [-0.4, -0.2) is 23.4 Å². The highest BCUT2D eigenvalue weighted by Gasteiger charge is 2.12. The zero-order valence-corrected chi connectivity index (χ0v) is 26.5. The van der Waals surface area contributed by atoms with Gasteiger partial charge in [-0.15, -0.1) is 28.7 Å². The molecule has 3 rings (SSSR count). The predicted molar refractivity (Wildman–Crippen MR) is 175 cm³/mol. The lowest BCUT2D eigenvalue weighted by atomic mass is 10.1. The minimum atomic E-state index is -0.293. The molecule has 0 spiro atoms. The van der Waals surface area contributed by atoms with Gasteiger partial charge in [0.2, 0.25) is 0 Å². The van der Waals surface area contributed by atoms with Crippen molar-refractivity contribution in [2.24, 2.45) is 0 Å². The summed E-state index contributed by atoms with van der Waals surface area (Å²) in [5, 5.41) is 8.53. The number of urea groups is 1. The number of nitrogens with one attached hydrogen (secondary N) is 2. The first kappa shape index (κ1) is 33.4. The lowest BCUT2D eigenvalue weighted by Crippen LogP contribution is -2.21. The fourth-order valence-corrected chi connectivity index (χ4v) is 5.39. The van der Waals surface area contributed by atoms with E-state index in [-0.39, 0.29) is 23.0 Å². The quantitative estimate of drug-likeness (QED) is 0.160. The molecule has 0 aliphatic carbocycles. The Morgan fingerprint density at radius 1 is 0.923 bits per heavy atom. The van der Waals surface area contributed by atoms with Crippen LogP contribution in [0.4, 0.5) is 16.2 Å². The van der Waals surface area contributed by atoms with Crippen molar-refractivity contribution in [2.45, 2.75) is 90.5 Å². The molecule has 0 atom stereocenters. The third-order valence-corrected chi connectivity index (χ3v) is 7.80. The van der Waals surface area contributed by atoms with E-state index in [1.165, 1.54) is 70.6 Å². The van der Waals surface area contributed by atoms with Crippen molar-refractivity contribution in [3.05, 3.63) is 64.7 Å². The number of carbonyl (C=O) groups excluding carboxylic acids is 1. The van der Waals surface area contributed by atoms with Gasteiger partial charge in [-0.05, 0) is 35.6 Å². The second-order valence-electron chi connectivity index (χ2n) is 9.95. The molecule has 2 amide bonds. The van der Waals surface area contributed by atoms with Gasteiger partial charge in [0, 0.05) is 30.2 Å². The number of halogens is 2. The summed E-state index contributed by atoms with van der Waals surface area (Å²) in [5.41, 5.74) is 2.51. The Labute approximate surface area is 255 Å². The second-order valence-corrected chi connectivity index (χ2v) is 11.2. The van der Waals surface area contributed by atoms with E-state index in [1.54, 1.807) is 30.0 Å². The molecule has 1 aliphatic rings. The van der Waals surface area contributed by atoms with Crippen LogP contribution in [0.5, 0.6) is 5.75 Å². The standard InChI is InChI=1S/C31H44ClN3O2S.BrH/c1-2-3-4-5-6-7-8-9-10-11-12-15-21-37-30-23-27(18-19-28(30)32)33-31(36)34-29-17-14-13-16-26(29)24-35-20-22-38-25-35;/h13-14,16-20,22-23H,2-12,15,21,24-25H2,1H3,(H2,33,34,36);1H. The molecule has 0 saturated carbocycles. The van der Waals surface area contributed by atoms with E-state index in [2.05, 4.69) is 34.1 Å². The third kappa shape index (κ3) is 13.4. The molecule has 0 radical (unpaired) electrons. The van der Waals surface area contributed by atoms with Crippen molar-refractivity contribution in [2.75, 3.05) is 23.1 Å². The highest BCUT2D eigenvalue weighted by atomic mass is 79.9. The highest BCUT2D eigenvalue weighted by Crippen LogP contribution is 2.29. The molecule has 39 heavy (non-hydrogen) atoms. The smallest absolute Gasteiger partial charge is 0.323 e. The summed E-state index contributed by atoms with van der Waals surface area (Å²) in [4.78, 5) is 14.9. The van der Waals surface area contributed by atoms with E-state index >= 15 is 0 Å². The number of hydrogen-bond acceptors (Lipinski definition) is 4. The average Bonchev–Trinajstić information content (AvgIpc) is 3.43. The Hall–Kier alpha value is -1.83. The molecule has 2 aromatic rings. The maximum absolute atomic E-state index is 12.7. The number of carbonyl (C=O) groups is 1. The number of anilines is 2. The van der Waals surface area contributed by atoms with Gasteiger partial charge >= 0.3 is 6.03 Å². The molecular formula is C31H45BrClN3O2S. The average molecular weight is 639 g/mol. The SMILES string of the molecule is Br.CCCCCCCCCCCCCCOc1cc(NC(=O)Nc2ccccc2CN2C=CSC2)ccc1Cl. The maximum Gasteiger partial charge on any atom is 0.323 e. The number of ether oxygens (including phenoxy) is 1. The number of hydrogen-bond donors (Lipinski definition) is 2. The Morgan fingerprint density at radius 3 is 2.26 bits per heavy atom. The molecule has 8 heteroatoms. The molecule has 216 valence electrons. The number of benzene rings is 2. The van der Waals surface area contributed by atoms with E-state index in [1.807, 2.05) is 24.3 Å². The van der Waals surface area contributed by atoms with Crippen LogP contribution in [0.1, 0.15) is 89.5 Å². The lowest BCUT2D eigenvalue weighted by Gasteiger charge is -2.18. The van der Waals surface area contributed by atoms with Gasteiger partial charge in [-0.2, -0.15) is 0 Å². The zero-order chi connectivity index (χ0) is 26.8. The van der Waals surface area contributed by atoms with Crippen LogP contribution in [0.2, 0.25) is 5.02 Å². The van der Waals surface area contributed by atoms with Crippen molar-refractivity contribution in [3.63, 3.8) is 0 Å². The minimum Gasteiger partial charge on any atom is -0.492 e. The summed E-state index contributed by atoms with van der Waals surface area (Å²) in [6.07, 6.45) is 17.8.